The van der Waals surface area contributed by atoms with Crippen LogP contribution in [0.2, 0.25) is 0 Å². The van der Waals surface area contributed by atoms with Crippen LogP contribution >= 0.6 is 0 Å². The third-order valence-electron chi connectivity index (χ3n) is 8.86. The summed E-state index contributed by atoms with van der Waals surface area (Å²) in [5.74, 6) is 0.0761. The quantitative estimate of drug-likeness (QED) is 0.306. The van der Waals surface area contributed by atoms with Gasteiger partial charge in [-0.05, 0) is 106 Å². The van der Waals surface area contributed by atoms with E-state index in [-0.39, 0.29) is 18.4 Å². The summed E-state index contributed by atoms with van der Waals surface area (Å²) in [4.78, 5) is 26.2. The van der Waals surface area contributed by atoms with E-state index >= 15 is 0 Å². The van der Waals surface area contributed by atoms with Gasteiger partial charge in [0.05, 0.1) is 6.61 Å². The lowest BCUT2D eigenvalue weighted by Crippen LogP contribution is -2.42. The van der Waals surface area contributed by atoms with Gasteiger partial charge in [-0.3, -0.25) is 9.59 Å². The molecule has 0 heterocycles. The molecule has 200 valence electrons. The van der Waals surface area contributed by atoms with Crippen molar-refractivity contribution in [2.24, 2.45) is 5.41 Å². The van der Waals surface area contributed by atoms with Crippen LogP contribution in [0.15, 0.2) is 48.5 Å². The number of ether oxygens (including phenoxy) is 1. The van der Waals surface area contributed by atoms with Gasteiger partial charge in [-0.2, -0.15) is 0 Å². The molecule has 5 heteroatoms. The zero-order valence-electron chi connectivity index (χ0n) is 22.8. The molecule has 5 rings (SSSR count). The maximum Gasteiger partial charge on any atom is 0.303 e. The number of para-hydroxylation sites is 1. The van der Waals surface area contributed by atoms with Gasteiger partial charge >= 0.3 is 5.97 Å². The molecule has 0 aliphatic heterocycles. The van der Waals surface area contributed by atoms with Crippen LogP contribution in [-0.2, 0) is 16.8 Å². The lowest BCUT2D eigenvalue weighted by molar-refractivity contribution is -0.137. The first-order valence-electron chi connectivity index (χ1n) is 14.1. The summed E-state index contributed by atoms with van der Waals surface area (Å²) in [5.41, 5.74) is 3.99. The van der Waals surface area contributed by atoms with E-state index in [0.29, 0.717) is 30.4 Å². The third kappa shape index (κ3) is 6.55. The molecule has 3 aliphatic rings. The first kappa shape index (κ1) is 27.2. The lowest BCUT2D eigenvalue weighted by Gasteiger charge is -2.52. The first-order valence-corrected chi connectivity index (χ1v) is 14.1. The second-order valence-corrected chi connectivity index (χ2v) is 11.9. The van der Waals surface area contributed by atoms with Gasteiger partial charge in [-0.25, -0.2) is 0 Å². The summed E-state index contributed by atoms with van der Waals surface area (Å²) in [6.45, 7) is 7.57. The van der Waals surface area contributed by atoms with Crippen LogP contribution in [0.4, 0.5) is 0 Å². The van der Waals surface area contributed by atoms with Gasteiger partial charge < -0.3 is 14.7 Å². The fourth-order valence-corrected chi connectivity index (χ4v) is 6.12. The van der Waals surface area contributed by atoms with Gasteiger partial charge in [0.15, 0.2) is 0 Å². The number of carbonyl (C=O) groups excluding carboxylic acids is 1. The van der Waals surface area contributed by atoms with Crippen LogP contribution in [0.25, 0.3) is 0 Å². The summed E-state index contributed by atoms with van der Waals surface area (Å²) in [6, 6.07) is 16.4. The molecule has 0 unspecified atom stereocenters. The molecule has 5 nitrogen and oxygen atoms in total. The van der Waals surface area contributed by atoms with Gasteiger partial charge in [-0.1, -0.05) is 37.3 Å². The van der Waals surface area contributed by atoms with E-state index < -0.39 is 5.97 Å². The van der Waals surface area contributed by atoms with Crippen molar-refractivity contribution in [2.45, 2.75) is 103 Å². The van der Waals surface area contributed by atoms with Gasteiger partial charge in [0.1, 0.15) is 5.75 Å². The van der Waals surface area contributed by atoms with Crippen molar-refractivity contribution in [1.29, 1.82) is 0 Å². The predicted octanol–water partition coefficient (Wildman–Crippen LogP) is 7.37. The second kappa shape index (κ2) is 11.7. The van der Waals surface area contributed by atoms with Crippen molar-refractivity contribution in [3.05, 3.63) is 65.2 Å². The Morgan fingerprint density at radius 2 is 1.57 bits per heavy atom. The highest BCUT2D eigenvalue weighted by molar-refractivity contribution is 5.94. The molecule has 2 bridgehead atoms. The third-order valence-corrected chi connectivity index (χ3v) is 8.86. The zero-order chi connectivity index (χ0) is 26.5. The number of carboxylic acids is 1. The number of nitrogens with zero attached hydrogens (tertiary/aromatic N) is 1. The van der Waals surface area contributed by atoms with Gasteiger partial charge in [-0.15, -0.1) is 0 Å². The molecule has 2 aromatic rings. The average molecular weight is 506 g/mol. The fourth-order valence-electron chi connectivity index (χ4n) is 6.12. The Labute approximate surface area is 222 Å². The van der Waals surface area contributed by atoms with Crippen LogP contribution in [0, 0.1) is 5.41 Å². The number of hydrogen-bond acceptors (Lipinski definition) is 3. The predicted molar refractivity (Wildman–Crippen MR) is 147 cm³/mol. The van der Waals surface area contributed by atoms with E-state index in [4.69, 9.17) is 9.84 Å². The van der Waals surface area contributed by atoms with Crippen molar-refractivity contribution in [3.8, 4) is 5.75 Å². The molecule has 3 saturated carbocycles. The largest absolute Gasteiger partial charge is 0.493 e. The number of amides is 1. The number of fused-ring (bicyclic) bond motifs is 3. The minimum absolute atomic E-state index is 0.0439. The summed E-state index contributed by atoms with van der Waals surface area (Å²) >= 11 is 0. The first-order chi connectivity index (χ1) is 17.7. The highest BCUT2D eigenvalue weighted by Crippen LogP contribution is 2.57. The molecular weight excluding hydrogens is 462 g/mol. The second-order valence-electron chi connectivity index (χ2n) is 11.9. The lowest BCUT2D eigenvalue weighted by atomic mass is 9.52. The van der Waals surface area contributed by atoms with Crippen LogP contribution < -0.4 is 4.74 Å². The van der Waals surface area contributed by atoms with Crippen LogP contribution in [0.1, 0.15) is 106 Å². The molecule has 0 spiro atoms. The Bertz CT molecular complexity index is 1050. The molecule has 0 aromatic heterocycles. The van der Waals surface area contributed by atoms with E-state index in [9.17, 15) is 9.59 Å². The molecule has 0 radical (unpaired) electrons. The van der Waals surface area contributed by atoms with Gasteiger partial charge in [0, 0.05) is 30.1 Å². The monoisotopic (exact) mass is 505 g/mol. The van der Waals surface area contributed by atoms with Crippen molar-refractivity contribution < 1.29 is 19.4 Å². The smallest absolute Gasteiger partial charge is 0.303 e. The summed E-state index contributed by atoms with van der Waals surface area (Å²) in [6.07, 6.45) is 10.2. The zero-order valence-corrected chi connectivity index (χ0v) is 22.8. The standard InChI is InChI=1S/C32H43NO4/c1-24(2)33(23-26-9-6-7-10-28(26)37-22-8-4-5-11-29(34)35)30(36)25-12-14-27(15-13-25)32-19-16-31(3,17-20-32)18-21-32/h6-7,9-10,12-15,24H,4-5,8,11,16-23H2,1-3H3,(H,34,35). The topological polar surface area (TPSA) is 66.8 Å². The summed E-state index contributed by atoms with van der Waals surface area (Å²) in [7, 11) is 0. The number of carbonyl (C=O) groups is 2. The van der Waals surface area contributed by atoms with Crippen LogP contribution in [0.3, 0.4) is 0 Å². The molecule has 0 atom stereocenters. The number of carboxylic acid groups (broad SMARTS) is 1. The van der Waals surface area contributed by atoms with E-state index in [1.54, 1.807) is 0 Å². The summed E-state index contributed by atoms with van der Waals surface area (Å²) < 4.78 is 6.04. The maximum absolute atomic E-state index is 13.6. The molecule has 1 amide bonds. The highest BCUT2D eigenvalue weighted by Gasteiger charge is 2.46. The Kier molecular flexibility index (Phi) is 8.61. The van der Waals surface area contributed by atoms with Crippen LogP contribution in [0.5, 0.6) is 5.75 Å². The minimum atomic E-state index is -0.755. The van der Waals surface area contributed by atoms with E-state index in [0.717, 1.165) is 29.7 Å². The highest BCUT2D eigenvalue weighted by atomic mass is 16.5. The fraction of sp³-hybridized carbons (Fsp3) is 0.562. The number of hydrogen-bond donors (Lipinski definition) is 1. The number of rotatable bonds is 12. The van der Waals surface area contributed by atoms with Crippen molar-refractivity contribution in [1.82, 2.24) is 4.90 Å². The minimum Gasteiger partial charge on any atom is -0.493 e. The molecule has 3 fully saturated rings. The van der Waals surface area contributed by atoms with E-state index in [2.05, 4.69) is 32.9 Å². The van der Waals surface area contributed by atoms with Gasteiger partial charge in [0.2, 0.25) is 0 Å². The Morgan fingerprint density at radius 3 is 2.19 bits per heavy atom. The van der Waals surface area contributed by atoms with Crippen molar-refractivity contribution in [2.75, 3.05) is 6.61 Å². The molecule has 37 heavy (non-hydrogen) atoms. The maximum atomic E-state index is 13.6. The average Bonchev–Trinajstić information content (AvgIpc) is 2.90. The van der Waals surface area contributed by atoms with Crippen LogP contribution in [-0.4, -0.2) is 34.5 Å². The van der Waals surface area contributed by atoms with E-state index in [1.807, 2.05) is 41.3 Å². The molecule has 3 aliphatic carbocycles. The number of unbranched alkanes of at least 4 members (excludes halogenated alkanes) is 2. The molecule has 2 aromatic carbocycles. The number of aliphatic carboxylic acids is 1. The normalized spacial score (nSPS) is 22.7. The Balaban J connectivity index is 1.40. The number of benzene rings is 2. The summed E-state index contributed by atoms with van der Waals surface area (Å²) in [5, 5.41) is 8.78. The van der Waals surface area contributed by atoms with Gasteiger partial charge in [0.25, 0.3) is 5.91 Å². The molecule has 1 N–H and O–H groups in total. The van der Waals surface area contributed by atoms with E-state index in [1.165, 1.54) is 44.1 Å². The molecule has 0 saturated heterocycles. The Hall–Kier alpha value is -2.82. The molecular formula is C32H43NO4. The SMILES string of the molecule is CC(C)N(Cc1ccccc1OCCCCCC(=O)O)C(=O)c1ccc(C23CCC(C)(CC2)CC3)cc1. The Morgan fingerprint density at radius 1 is 0.919 bits per heavy atom. The van der Waals surface area contributed by atoms with Crippen molar-refractivity contribution >= 4 is 11.9 Å². The van der Waals surface area contributed by atoms with Crippen molar-refractivity contribution in [3.63, 3.8) is 0 Å².